The molecule has 2 heterocycles. The standard InChI is InChI=1S/C13H12N2O2/c14-13(8-16)6-11(7-17-13)9-1-2-12-10(5-9)3-4-15-12/h1-6,8,15H,7,14H2. The summed E-state index contributed by atoms with van der Waals surface area (Å²) in [6.45, 7) is 0.366. The minimum atomic E-state index is -1.26. The molecule has 3 N–H and O–H groups in total. The van der Waals surface area contributed by atoms with Crippen molar-refractivity contribution in [2.75, 3.05) is 6.61 Å². The molecule has 4 nitrogen and oxygen atoms in total. The number of carbonyl (C=O) groups excluding carboxylic acids is 1. The monoisotopic (exact) mass is 228 g/mol. The Balaban J connectivity index is 2.04. The van der Waals surface area contributed by atoms with E-state index in [0.29, 0.717) is 12.9 Å². The van der Waals surface area contributed by atoms with Crippen molar-refractivity contribution in [1.29, 1.82) is 0 Å². The molecule has 2 aromatic rings. The summed E-state index contributed by atoms with van der Waals surface area (Å²) in [5, 5.41) is 1.13. The molecule has 0 bridgehead atoms. The van der Waals surface area contributed by atoms with Gasteiger partial charge in [0.15, 0.2) is 12.0 Å². The van der Waals surface area contributed by atoms with Crippen LogP contribution in [-0.4, -0.2) is 23.6 Å². The first kappa shape index (κ1) is 10.3. The number of rotatable bonds is 2. The molecule has 4 heteroatoms. The van der Waals surface area contributed by atoms with Gasteiger partial charge in [-0.05, 0) is 40.8 Å². The van der Waals surface area contributed by atoms with Crippen molar-refractivity contribution >= 4 is 22.8 Å². The molecular weight excluding hydrogens is 216 g/mol. The third kappa shape index (κ3) is 1.67. The highest BCUT2D eigenvalue weighted by molar-refractivity contribution is 5.86. The maximum Gasteiger partial charge on any atom is 0.193 e. The summed E-state index contributed by atoms with van der Waals surface area (Å²) in [7, 11) is 0. The number of nitrogens with two attached hydrogens (primary N) is 1. The van der Waals surface area contributed by atoms with Crippen LogP contribution in [0, 0.1) is 0 Å². The highest BCUT2D eigenvalue weighted by Gasteiger charge is 2.29. The summed E-state index contributed by atoms with van der Waals surface area (Å²) < 4.78 is 5.26. The molecule has 1 aliphatic rings. The van der Waals surface area contributed by atoms with Crippen molar-refractivity contribution in [3.8, 4) is 0 Å². The van der Waals surface area contributed by atoms with E-state index in [1.54, 1.807) is 6.08 Å². The maximum absolute atomic E-state index is 10.8. The Morgan fingerprint density at radius 1 is 1.41 bits per heavy atom. The Morgan fingerprint density at radius 3 is 3.06 bits per heavy atom. The van der Waals surface area contributed by atoms with E-state index in [1.807, 2.05) is 24.4 Å². The molecule has 0 fully saturated rings. The van der Waals surface area contributed by atoms with Crippen LogP contribution in [0.25, 0.3) is 16.5 Å². The van der Waals surface area contributed by atoms with E-state index in [2.05, 4.69) is 11.1 Å². The van der Waals surface area contributed by atoms with Crippen molar-refractivity contribution in [2.24, 2.45) is 5.73 Å². The van der Waals surface area contributed by atoms with Gasteiger partial charge in [-0.25, -0.2) is 0 Å². The number of carbonyl (C=O) groups is 1. The molecule has 0 aliphatic carbocycles. The summed E-state index contributed by atoms with van der Waals surface area (Å²) in [4.78, 5) is 13.9. The minimum Gasteiger partial charge on any atom is -0.361 e. The minimum absolute atomic E-state index is 0.366. The van der Waals surface area contributed by atoms with Gasteiger partial charge in [-0.15, -0.1) is 0 Å². The van der Waals surface area contributed by atoms with Crippen LogP contribution in [0.15, 0.2) is 36.5 Å². The molecule has 1 unspecified atom stereocenters. The number of benzene rings is 1. The Hall–Kier alpha value is -1.91. The van der Waals surface area contributed by atoms with Crippen molar-refractivity contribution in [1.82, 2.24) is 4.98 Å². The lowest BCUT2D eigenvalue weighted by atomic mass is 10.0. The van der Waals surface area contributed by atoms with Gasteiger partial charge in [0.25, 0.3) is 0 Å². The van der Waals surface area contributed by atoms with Gasteiger partial charge < -0.3 is 9.72 Å². The molecule has 0 saturated heterocycles. The molecule has 0 spiro atoms. The zero-order valence-electron chi connectivity index (χ0n) is 9.14. The fourth-order valence-electron chi connectivity index (χ4n) is 2.05. The summed E-state index contributed by atoms with van der Waals surface area (Å²) in [5.41, 5.74) is 7.51. The van der Waals surface area contributed by atoms with E-state index in [0.717, 1.165) is 22.0 Å². The second kappa shape index (κ2) is 3.55. The first-order valence-electron chi connectivity index (χ1n) is 5.39. The third-order valence-corrected chi connectivity index (χ3v) is 2.99. The predicted octanol–water partition coefficient (Wildman–Crippen LogP) is 1.44. The van der Waals surface area contributed by atoms with Crippen LogP contribution in [0.4, 0.5) is 0 Å². The third-order valence-electron chi connectivity index (χ3n) is 2.99. The molecule has 1 aliphatic heterocycles. The topological polar surface area (TPSA) is 68.1 Å². The number of hydrogen-bond acceptors (Lipinski definition) is 3. The highest BCUT2D eigenvalue weighted by Crippen LogP contribution is 2.27. The van der Waals surface area contributed by atoms with Gasteiger partial charge in [0, 0.05) is 11.7 Å². The largest absolute Gasteiger partial charge is 0.361 e. The van der Waals surface area contributed by atoms with E-state index in [-0.39, 0.29) is 0 Å². The maximum atomic E-state index is 10.8. The summed E-state index contributed by atoms with van der Waals surface area (Å²) in [6.07, 6.45) is 4.19. The summed E-state index contributed by atoms with van der Waals surface area (Å²) in [6, 6.07) is 8.05. The predicted molar refractivity (Wildman–Crippen MR) is 65.2 cm³/mol. The van der Waals surface area contributed by atoms with Gasteiger partial charge in [-0.2, -0.15) is 0 Å². The van der Waals surface area contributed by atoms with E-state index >= 15 is 0 Å². The lowest BCUT2D eigenvalue weighted by Crippen LogP contribution is -2.39. The first-order valence-corrected chi connectivity index (χ1v) is 5.39. The van der Waals surface area contributed by atoms with Crippen molar-refractivity contribution in [3.05, 3.63) is 42.1 Å². The van der Waals surface area contributed by atoms with Crippen LogP contribution in [0.1, 0.15) is 5.56 Å². The van der Waals surface area contributed by atoms with Gasteiger partial charge in [-0.1, -0.05) is 6.07 Å². The Bertz CT molecular complexity index is 615. The zero-order valence-corrected chi connectivity index (χ0v) is 9.14. The van der Waals surface area contributed by atoms with Crippen LogP contribution in [0.2, 0.25) is 0 Å². The zero-order chi connectivity index (χ0) is 11.9. The Labute approximate surface area is 98.1 Å². The number of H-pyrrole nitrogens is 1. The number of nitrogens with one attached hydrogen (secondary N) is 1. The molecular formula is C13H12N2O2. The van der Waals surface area contributed by atoms with E-state index < -0.39 is 5.72 Å². The molecule has 1 aromatic heterocycles. The van der Waals surface area contributed by atoms with Crippen molar-refractivity contribution < 1.29 is 9.53 Å². The lowest BCUT2D eigenvalue weighted by Gasteiger charge is -2.11. The van der Waals surface area contributed by atoms with Crippen molar-refractivity contribution in [3.63, 3.8) is 0 Å². The van der Waals surface area contributed by atoms with Gasteiger partial charge in [0.1, 0.15) is 0 Å². The number of aromatic amines is 1. The number of ether oxygens (including phenoxy) is 1. The van der Waals surface area contributed by atoms with Crippen LogP contribution in [0.5, 0.6) is 0 Å². The fraction of sp³-hybridized carbons (Fsp3) is 0.154. The van der Waals surface area contributed by atoms with Crippen LogP contribution in [0.3, 0.4) is 0 Å². The summed E-state index contributed by atoms with van der Waals surface area (Å²) in [5.74, 6) is 0. The SMILES string of the molecule is NC1(C=O)C=C(c2ccc3[nH]ccc3c2)CO1. The molecule has 1 atom stereocenters. The molecule has 0 amide bonds. The number of aromatic nitrogens is 1. The Morgan fingerprint density at radius 2 is 2.29 bits per heavy atom. The highest BCUT2D eigenvalue weighted by atomic mass is 16.5. The first-order chi connectivity index (χ1) is 8.20. The smallest absolute Gasteiger partial charge is 0.193 e. The quantitative estimate of drug-likeness (QED) is 0.764. The van der Waals surface area contributed by atoms with Crippen LogP contribution < -0.4 is 5.73 Å². The fourth-order valence-corrected chi connectivity index (χ4v) is 2.05. The number of hydrogen-bond donors (Lipinski definition) is 2. The molecule has 86 valence electrons. The second-order valence-electron chi connectivity index (χ2n) is 4.21. The van der Waals surface area contributed by atoms with E-state index in [1.165, 1.54) is 0 Å². The summed E-state index contributed by atoms with van der Waals surface area (Å²) >= 11 is 0. The van der Waals surface area contributed by atoms with E-state index in [4.69, 9.17) is 10.5 Å². The van der Waals surface area contributed by atoms with Crippen molar-refractivity contribution in [2.45, 2.75) is 5.72 Å². The number of fused-ring (bicyclic) bond motifs is 1. The lowest BCUT2D eigenvalue weighted by molar-refractivity contribution is -0.122. The average Bonchev–Trinajstić information content (AvgIpc) is 2.95. The average molecular weight is 228 g/mol. The molecule has 1 aromatic carbocycles. The van der Waals surface area contributed by atoms with Gasteiger partial charge in [0.2, 0.25) is 0 Å². The van der Waals surface area contributed by atoms with E-state index in [9.17, 15) is 4.79 Å². The molecule has 3 rings (SSSR count). The Kier molecular flexibility index (Phi) is 2.14. The van der Waals surface area contributed by atoms with Gasteiger partial charge in [-0.3, -0.25) is 10.5 Å². The molecule has 0 saturated carbocycles. The van der Waals surface area contributed by atoms with Crippen LogP contribution >= 0.6 is 0 Å². The van der Waals surface area contributed by atoms with Gasteiger partial charge in [0.05, 0.1) is 6.61 Å². The molecule has 17 heavy (non-hydrogen) atoms. The van der Waals surface area contributed by atoms with Gasteiger partial charge >= 0.3 is 0 Å². The molecule has 0 radical (unpaired) electrons. The normalized spacial score (nSPS) is 23.9. The second-order valence-corrected chi connectivity index (χ2v) is 4.21. The number of aldehydes is 1. The van der Waals surface area contributed by atoms with Crippen LogP contribution in [-0.2, 0) is 9.53 Å².